The molecule has 0 aliphatic carbocycles. The van der Waals surface area contributed by atoms with Gasteiger partial charge < -0.3 is 21.1 Å². The number of aromatic nitrogens is 2. The summed E-state index contributed by atoms with van der Waals surface area (Å²) in [4.78, 5) is 35.3. The summed E-state index contributed by atoms with van der Waals surface area (Å²) >= 11 is 1.40. The number of carbonyl (C=O) groups is 2. The molecule has 29 heavy (non-hydrogen) atoms. The van der Waals surface area contributed by atoms with Crippen LogP contribution < -0.4 is 11.1 Å². The first-order valence-corrected chi connectivity index (χ1v) is 10.2. The molecule has 0 bridgehead atoms. The smallest absolute Gasteiger partial charge is 0.272 e. The highest BCUT2D eigenvalue weighted by Crippen LogP contribution is 2.24. The minimum atomic E-state index is -0.357. The molecule has 1 aliphatic rings. The van der Waals surface area contributed by atoms with Crippen molar-refractivity contribution >= 4 is 38.5 Å². The zero-order valence-electron chi connectivity index (χ0n) is 15.7. The predicted molar refractivity (Wildman–Crippen MR) is 111 cm³/mol. The monoisotopic (exact) mass is 411 g/mol. The Morgan fingerprint density at radius 3 is 2.72 bits per heavy atom. The molecule has 3 heterocycles. The van der Waals surface area contributed by atoms with E-state index in [0.29, 0.717) is 37.6 Å². The summed E-state index contributed by atoms with van der Waals surface area (Å²) < 4.78 is 0.964. The van der Waals surface area contributed by atoms with E-state index in [1.54, 1.807) is 23.1 Å². The largest absolute Gasteiger partial charge is 0.393 e. The second-order valence-electron chi connectivity index (χ2n) is 6.97. The quantitative estimate of drug-likeness (QED) is 0.602. The number of fused-ring (bicyclic) bond motifs is 1. The average Bonchev–Trinajstić information content (AvgIpc) is 3.11. The number of piperidine rings is 1. The van der Waals surface area contributed by atoms with E-state index in [0.717, 1.165) is 15.8 Å². The van der Waals surface area contributed by atoms with Crippen LogP contribution in [-0.2, 0) is 6.54 Å². The van der Waals surface area contributed by atoms with Crippen molar-refractivity contribution < 1.29 is 14.7 Å². The first-order valence-electron chi connectivity index (χ1n) is 9.37. The summed E-state index contributed by atoms with van der Waals surface area (Å²) in [7, 11) is 0. The number of rotatable bonds is 4. The van der Waals surface area contributed by atoms with E-state index >= 15 is 0 Å². The van der Waals surface area contributed by atoms with Crippen LogP contribution >= 0.6 is 11.3 Å². The topological polar surface area (TPSA) is 121 Å². The third kappa shape index (κ3) is 4.36. The fourth-order valence-electron chi connectivity index (χ4n) is 3.28. The van der Waals surface area contributed by atoms with E-state index < -0.39 is 0 Å². The highest BCUT2D eigenvalue weighted by atomic mass is 32.1. The lowest BCUT2D eigenvalue weighted by molar-refractivity contribution is 0.0541. The number of nitrogen functional groups attached to an aromatic ring is 1. The van der Waals surface area contributed by atoms with Gasteiger partial charge >= 0.3 is 0 Å². The van der Waals surface area contributed by atoms with Crippen LogP contribution in [0, 0.1) is 0 Å². The predicted octanol–water partition coefficient (Wildman–Crippen LogP) is 1.80. The summed E-state index contributed by atoms with van der Waals surface area (Å²) in [6.07, 6.45) is 0.758. The van der Waals surface area contributed by atoms with Gasteiger partial charge in [-0.1, -0.05) is 23.5 Å². The Hall–Kier alpha value is -3.04. The molecule has 1 aromatic carbocycles. The molecule has 1 fully saturated rings. The molecule has 0 saturated carbocycles. The Balaban J connectivity index is 1.41. The first kappa shape index (κ1) is 19.3. The Bertz CT molecular complexity index is 1060. The van der Waals surface area contributed by atoms with Gasteiger partial charge in [0.1, 0.15) is 11.4 Å². The van der Waals surface area contributed by atoms with Crippen LogP contribution in [0.2, 0.25) is 0 Å². The van der Waals surface area contributed by atoms with Crippen LogP contribution in [0.3, 0.4) is 0 Å². The number of carbonyl (C=O) groups excluding carboxylic acids is 2. The van der Waals surface area contributed by atoms with Crippen molar-refractivity contribution in [1.29, 1.82) is 0 Å². The van der Waals surface area contributed by atoms with Crippen LogP contribution in [0.15, 0.2) is 36.4 Å². The molecule has 2 amide bonds. The molecule has 2 aromatic heterocycles. The van der Waals surface area contributed by atoms with Gasteiger partial charge in [0.05, 0.1) is 16.3 Å². The van der Waals surface area contributed by atoms with Gasteiger partial charge in [-0.3, -0.25) is 9.59 Å². The number of likely N-dealkylation sites (tertiary alicyclic amines) is 1. The summed E-state index contributed by atoms with van der Waals surface area (Å²) in [5.41, 5.74) is 7.91. The van der Waals surface area contributed by atoms with Crippen molar-refractivity contribution in [1.82, 2.24) is 20.2 Å². The van der Waals surface area contributed by atoms with Crippen molar-refractivity contribution in [2.45, 2.75) is 25.5 Å². The van der Waals surface area contributed by atoms with Gasteiger partial charge in [-0.2, -0.15) is 0 Å². The number of aliphatic hydroxyl groups is 1. The van der Waals surface area contributed by atoms with E-state index in [1.165, 1.54) is 11.3 Å². The molecule has 0 radical (unpaired) electrons. The van der Waals surface area contributed by atoms with E-state index in [9.17, 15) is 14.7 Å². The summed E-state index contributed by atoms with van der Waals surface area (Å²) in [6, 6.07) is 10.5. The Morgan fingerprint density at radius 1 is 1.17 bits per heavy atom. The highest BCUT2D eigenvalue weighted by molar-refractivity contribution is 7.22. The summed E-state index contributed by atoms with van der Waals surface area (Å²) in [6.45, 7) is 1.31. The number of anilines is 1. The SMILES string of the molecule is Nc1nc2ccc(CNC(=O)c3cccc(C(=O)N4CCC(O)CC4)n3)cc2s1. The Labute approximate surface area is 171 Å². The maximum Gasteiger partial charge on any atom is 0.272 e. The van der Waals surface area contributed by atoms with Crippen molar-refractivity contribution in [3.8, 4) is 0 Å². The fourth-order valence-corrected chi connectivity index (χ4v) is 4.08. The molecular formula is C20H21N5O3S. The zero-order chi connectivity index (χ0) is 20.4. The molecular weight excluding hydrogens is 390 g/mol. The van der Waals surface area contributed by atoms with Gasteiger partial charge in [-0.05, 0) is 42.7 Å². The number of pyridine rings is 1. The van der Waals surface area contributed by atoms with Crippen molar-refractivity contribution in [2.24, 2.45) is 0 Å². The minimum Gasteiger partial charge on any atom is -0.393 e. The third-order valence-corrected chi connectivity index (χ3v) is 5.72. The molecule has 1 saturated heterocycles. The standard InChI is InChI=1S/C20H21N5O3S/c21-20-24-14-5-4-12(10-17(14)29-20)11-22-18(27)15-2-1-3-16(23-15)19(28)25-8-6-13(26)7-9-25/h1-5,10,13,26H,6-9,11H2,(H2,21,24)(H,22,27). The van der Waals surface area contributed by atoms with Crippen molar-refractivity contribution in [3.63, 3.8) is 0 Å². The van der Waals surface area contributed by atoms with Crippen LogP contribution in [0.5, 0.6) is 0 Å². The molecule has 0 unspecified atom stereocenters. The molecule has 4 N–H and O–H groups in total. The number of hydrogen-bond donors (Lipinski definition) is 3. The van der Waals surface area contributed by atoms with Crippen molar-refractivity contribution in [3.05, 3.63) is 53.3 Å². The molecule has 3 aromatic rings. The van der Waals surface area contributed by atoms with Crippen LogP contribution in [0.4, 0.5) is 5.13 Å². The van der Waals surface area contributed by atoms with Crippen LogP contribution in [0.1, 0.15) is 39.4 Å². The molecule has 1 aliphatic heterocycles. The zero-order valence-corrected chi connectivity index (χ0v) is 16.5. The highest BCUT2D eigenvalue weighted by Gasteiger charge is 2.23. The van der Waals surface area contributed by atoms with Gasteiger partial charge in [0, 0.05) is 19.6 Å². The van der Waals surface area contributed by atoms with E-state index in [2.05, 4.69) is 15.3 Å². The Kier molecular flexibility index (Phi) is 5.41. The molecule has 4 rings (SSSR count). The number of hydrogen-bond acceptors (Lipinski definition) is 7. The second-order valence-corrected chi connectivity index (χ2v) is 8.03. The number of benzene rings is 1. The average molecular weight is 411 g/mol. The fraction of sp³-hybridized carbons (Fsp3) is 0.300. The lowest BCUT2D eigenvalue weighted by Gasteiger charge is -2.29. The normalized spacial score (nSPS) is 14.9. The van der Waals surface area contributed by atoms with E-state index in [4.69, 9.17) is 5.73 Å². The van der Waals surface area contributed by atoms with Gasteiger partial charge in [-0.25, -0.2) is 9.97 Å². The minimum absolute atomic E-state index is 0.191. The first-order chi connectivity index (χ1) is 14.0. The van der Waals surface area contributed by atoms with Gasteiger partial charge in [0.25, 0.3) is 11.8 Å². The summed E-state index contributed by atoms with van der Waals surface area (Å²) in [5.74, 6) is -0.572. The molecule has 9 heteroatoms. The molecule has 0 atom stereocenters. The number of amides is 2. The number of nitrogens with two attached hydrogens (primary N) is 1. The van der Waals surface area contributed by atoms with Crippen LogP contribution in [0.25, 0.3) is 10.2 Å². The number of aliphatic hydroxyl groups excluding tert-OH is 1. The van der Waals surface area contributed by atoms with Gasteiger partial charge in [0.15, 0.2) is 5.13 Å². The maximum atomic E-state index is 12.6. The lowest BCUT2D eigenvalue weighted by Crippen LogP contribution is -2.40. The molecule has 150 valence electrons. The van der Waals surface area contributed by atoms with Crippen molar-refractivity contribution in [2.75, 3.05) is 18.8 Å². The number of thiazole rings is 1. The van der Waals surface area contributed by atoms with Gasteiger partial charge in [-0.15, -0.1) is 0 Å². The number of nitrogens with one attached hydrogen (secondary N) is 1. The van der Waals surface area contributed by atoms with E-state index in [1.807, 2.05) is 18.2 Å². The maximum absolute atomic E-state index is 12.6. The lowest BCUT2D eigenvalue weighted by atomic mass is 10.1. The van der Waals surface area contributed by atoms with E-state index in [-0.39, 0.29) is 29.3 Å². The molecule has 0 spiro atoms. The summed E-state index contributed by atoms with van der Waals surface area (Å²) in [5, 5.41) is 12.9. The third-order valence-electron chi connectivity index (χ3n) is 4.88. The Morgan fingerprint density at radius 2 is 1.93 bits per heavy atom. The second kappa shape index (κ2) is 8.14. The van der Waals surface area contributed by atoms with Crippen LogP contribution in [-0.4, -0.2) is 51.0 Å². The van der Waals surface area contributed by atoms with Gasteiger partial charge in [0.2, 0.25) is 0 Å². The number of nitrogens with zero attached hydrogens (tertiary/aromatic N) is 3. The molecule has 8 nitrogen and oxygen atoms in total.